The molecule has 1 heterocycles. The number of ether oxygens (including phenoxy) is 1. The van der Waals surface area contributed by atoms with Gasteiger partial charge in [-0.05, 0) is 38.5 Å². The van der Waals surface area contributed by atoms with Gasteiger partial charge in [0.15, 0.2) is 0 Å². The van der Waals surface area contributed by atoms with Crippen molar-refractivity contribution >= 4 is 21.9 Å². The molecule has 2 aromatic rings. The van der Waals surface area contributed by atoms with E-state index in [9.17, 15) is 9.90 Å². The van der Waals surface area contributed by atoms with E-state index in [1.165, 1.54) is 6.07 Å². The summed E-state index contributed by atoms with van der Waals surface area (Å²) in [5.41, 5.74) is 2.46. The largest absolute Gasteiger partial charge is 0.488 e. The first-order valence-electron chi connectivity index (χ1n) is 5.98. The van der Waals surface area contributed by atoms with Crippen LogP contribution in [0.3, 0.4) is 0 Å². The van der Waals surface area contributed by atoms with Gasteiger partial charge in [0, 0.05) is 4.47 Å². The summed E-state index contributed by atoms with van der Waals surface area (Å²) >= 11 is 3.28. The zero-order valence-corrected chi connectivity index (χ0v) is 12.9. The third-order valence-corrected chi connectivity index (χ3v) is 3.47. The average molecular weight is 340 g/mol. The highest BCUT2D eigenvalue weighted by Gasteiger charge is 2.17. The monoisotopic (exact) mass is 339 g/mol. The highest BCUT2D eigenvalue weighted by molar-refractivity contribution is 9.10. The van der Waals surface area contributed by atoms with Crippen molar-refractivity contribution in [2.24, 2.45) is 0 Å². The molecule has 0 unspecified atom stereocenters. The van der Waals surface area contributed by atoms with Crippen LogP contribution < -0.4 is 4.74 Å². The lowest BCUT2D eigenvalue weighted by Crippen LogP contribution is -2.06. The molecule has 1 aromatic heterocycles. The van der Waals surface area contributed by atoms with Crippen LogP contribution in [0.1, 0.15) is 32.9 Å². The van der Waals surface area contributed by atoms with Crippen molar-refractivity contribution in [1.82, 2.24) is 5.16 Å². The van der Waals surface area contributed by atoms with Gasteiger partial charge in [-0.15, -0.1) is 0 Å². The smallest absolute Gasteiger partial charge is 0.339 e. The summed E-state index contributed by atoms with van der Waals surface area (Å²) in [5.74, 6) is 0.0120. The SMILES string of the molecule is Cc1cc(Br)cc(C(=O)O)c1OCc1c(C)noc1C. The van der Waals surface area contributed by atoms with Gasteiger partial charge in [-0.2, -0.15) is 0 Å². The molecule has 0 bridgehead atoms. The lowest BCUT2D eigenvalue weighted by Gasteiger charge is -2.12. The molecule has 5 nitrogen and oxygen atoms in total. The molecule has 0 spiro atoms. The van der Waals surface area contributed by atoms with Crippen LogP contribution in [0.4, 0.5) is 0 Å². The van der Waals surface area contributed by atoms with Crippen LogP contribution in [0, 0.1) is 20.8 Å². The molecular weight excluding hydrogens is 326 g/mol. The lowest BCUT2D eigenvalue weighted by molar-refractivity contribution is 0.0691. The van der Waals surface area contributed by atoms with Crippen molar-refractivity contribution < 1.29 is 19.2 Å². The summed E-state index contributed by atoms with van der Waals surface area (Å²) in [6.45, 7) is 5.65. The number of nitrogens with zero attached hydrogens (tertiary/aromatic N) is 1. The van der Waals surface area contributed by atoms with Gasteiger partial charge in [-0.3, -0.25) is 0 Å². The van der Waals surface area contributed by atoms with E-state index in [0.29, 0.717) is 16.0 Å². The maximum absolute atomic E-state index is 11.3. The van der Waals surface area contributed by atoms with E-state index in [2.05, 4.69) is 21.1 Å². The van der Waals surface area contributed by atoms with E-state index in [1.54, 1.807) is 13.8 Å². The molecule has 0 fully saturated rings. The van der Waals surface area contributed by atoms with Crippen LogP contribution in [-0.2, 0) is 6.61 Å². The van der Waals surface area contributed by atoms with Crippen LogP contribution in [0.15, 0.2) is 21.1 Å². The van der Waals surface area contributed by atoms with Gasteiger partial charge in [-0.1, -0.05) is 21.1 Å². The van der Waals surface area contributed by atoms with E-state index >= 15 is 0 Å². The highest BCUT2D eigenvalue weighted by Crippen LogP contribution is 2.29. The molecular formula is C14H14BrNO4. The minimum absolute atomic E-state index is 0.128. The number of hydrogen-bond donors (Lipinski definition) is 1. The summed E-state index contributed by atoms with van der Waals surface area (Å²) in [6.07, 6.45) is 0. The molecule has 0 saturated heterocycles. The number of carboxylic acid groups (broad SMARTS) is 1. The zero-order valence-electron chi connectivity index (χ0n) is 11.4. The Bertz CT molecular complexity index is 644. The molecule has 0 aliphatic rings. The number of aromatic carboxylic acids is 1. The van der Waals surface area contributed by atoms with Crippen LogP contribution in [0.2, 0.25) is 0 Å². The average Bonchev–Trinajstić information content (AvgIpc) is 2.67. The molecule has 2 rings (SSSR count). The highest BCUT2D eigenvalue weighted by atomic mass is 79.9. The van der Waals surface area contributed by atoms with Gasteiger partial charge in [-0.25, -0.2) is 4.79 Å². The van der Waals surface area contributed by atoms with Crippen LogP contribution in [0.5, 0.6) is 5.75 Å². The van der Waals surface area contributed by atoms with E-state index in [-0.39, 0.29) is 12.2 Å². The fraction of sp³-hybridized carbons (Fsp3) is 0.286. The standard InChI is InChI=1S/C14H14BrNO4/c1-7-4-10(15)5-11(14(17)18)13(7)19-6-12-8(2)16-20-9(12)3/h4-5H,6H2,1-3H3,(H,17,18). The number of aryl methyl sites for hydroxylation is 3. The van der Waals surface area contributed by atoms with Crippen LogP contribution in [-0.4, -0.2) is 16.2 Å². The summed E-state index contributed by atoms with van der Waals surface area (Å²) < 4.78 is 11.5. The van der Waals surface area contributed by atoms with E-state index in [4.69, 9.17) is 9.26 Å². The van der Waals surface area contributed by atoms with Gasteiger partial charge < -0.3 is 14.4 Å². The van der Waals surface area contributed by atoms with Gasteiger partial charge in [0.05, 0.1) is 11.3 Å². The Morgan fingerprint density at radius 1 is 1.40 bits per heavy atom. The molecule has 1 aromatic carbocycles. The van der Waals surface area contributed by atoms with Crippen molar-refractivity contribution in [3.63, 3.8) is 0 Å². The number of benzene rings is 1. The Balaban J connectivity index is 2.32. The summed E-state index contributed by atoms with van der Waals surface area (Å²) in [4.78, 5) is 11.3. The Labute approximate surface area is 124 Å². The summed E-state index contributed by atoms with van der Waals surface area (Å²) in [6, 6.07) is 3.34. The molecule has 106 valence electrons. The molecule has 20 heavy (non-hydrogen) atoms. The van der Waals surface area contributed by atoms with Crippen molar-refractivity contribution in [3.05, 3.63) is 44.7 Å². The number of carboxylic acids is 1. The molecule has 0 saturated carbocycles. The maximum Gasteiger partial charge on any atom is 0.339 e. The fourth-order valence-electron chi connectivity index (χ4n) is 1.93. The number of rotatable bonds is 4. The van der Waals surface area contributed by atoms with E-state index in [0.717, 1.165) is 16.8 Å². The lowest BCUT2D eigenvalue weighted by atomic mass is 10.1. The van der Waals surface area contributed by atoms with Crippen LogP contribution in [0.25, 0.3) is 0 Å². The van der Waals surface area contributed by atoms with Crippen molar-refractivity contribution in [1.29, 1.82) is 0 Å². The normalized spacial score (nSPS) is 10.6. The predicted molar refractivity (Wildman–Crippen MR) is 76.1 cm³/mol. The molecule has 0 aliphatic carbocycles. The molecule has 1 N–H and O–H groups in total. The third kappa shape index (κ3) is 2.85. The van der Waals surface area contributed by atoms with Crippen molar-refractivity contribution in [2.75, 3.05) is 0 Å². The number of halogens is 1. The van der Waals surface area contributed by atoms with Crippen molar-refractivity contribution in [2.45, 2.75) is 27.4 Å². The minimum atomic E-state index is -1.02. The second-order valence-electron chi connectivity index (χ2n) is 4.50. The van der Waals surface area contributed by atoms with E-state index < -0.39 is 5.97 Å². The van der Waals surface area contributed by atoms with Crippen LogP contribution >= 0.6 is 15.9 Å². The van der Waals surface area contributed by atoms with Gasteiger partial charge in [0.1, 0.15) is 23.7 Å². The summed E-state index contributed by atoms with van der Waals surface area (Å²) in [5, 5.41) is 13.1. The Morgan fingerprint density at radius 3 is 2.65 bits per heavy atom. The van der Waals surface area contributed by atoms with E-state index in [1.807, 2.05) is 13.0 Å². The predicted octanol–water partition coefficient (Wildman–Crippen LogP) is 3.64. The zero-order chi connectivity index (χ0) is 14.9. The summed E-state index contributed by atoms with van der Waals surface area (Å²) in [7, 11) is 0. The third-order valence-electron chi connectivity index (χ3n) is 3.01. The maximum atomic E-state index is 11.3. The quantitative estimate of drug-likeness (QED) is 0.920. The number of carbonyl (C=O) groups is 1. The Hall–Kier alpha value is -1.82. The molecule has 0 amide bonds. The Kier molecular flexibility index (Phi) is 4.13. The molecule has 0 radical (unpaired) electrons. The first kappa shape index (κ1) is 14.6. The molecule has 0 atom stereocenters. The number of aromatic nitrogens is 1. The van der Waals surface area contributed by atoms with Gasteiger partial charge in [0.2, 0.25) is 0 Å². The topological polar surface area (TPSA) is 72.6 Å². The molecule has 6 heteroatoms. The molecule has 0 aliphatic heterocycles. The fourth-order valence-corrected chi connectivity index (χ4v) is 2.50. The first-order chi connectivity index (χ1) is 9.40. The second kappa shape index (κ2) is 5.66. The van der Waals surface area contributed by atoms with Gasteiger partial charge in [0.25, 0.3) is 0 Å². The van der Waals surface area contributed by atoms with Crippen molar-refractivity contribution in [3.8, 4) is 5.75 Å². The van der Waals surface area contributed by atoms with Gasteiger partial charge >= 0.3 is 5.97 Å². The second-order valence-corrected chi connectivity index (χ2v) is 5.41. The Morgan fingerprint density at radius 2 is 2.10 bits per heavy atom. The number of hydrogen-bond acceptors (Lipinski definition) is 4. The first-order valence-corrected chi connectivity index (χ1v) is 6.77. The minimum Gasteiger partial charge on any atom is -0.488 e.